The van der Waals surface area contributed by atoms with Crippen LogP contribution < -0.4 is 5.73 Å². The van der Waals surface area contributed by atoms with Gasteiger partial charge < -0.3 is 10.6 Å². The van der Waals surface area contributed by atoms with E-state index in [-0.39, 0.29) is 5.91 Å². The van der Waals surface area contributed by atoms with Gasteiger partial charge in [0.2, 0.25) is 0 Å². The van der Waals surface area contributed by atoms with E-state index in [1.807, 2.05) is 0 Å². The van der Waals surface area contributed by atoms with Crippen LogP contribution >= 0.6 is 0 Å². The molecule has 7 nitrogen and oxygen atoms in total. The Kier molecular flexibility index (Phi) is 2.99. The van der Waals surface area contributed by atoms with Crippen LogP contribution in [0.2, 0.25) is 0 Å². The van der Waals surface area contributed by atoms with E-state index in [1.54, 1.807) is 25.2 Å². The summed E-state index contributed by atoms with van der Waals surface area (Å²) in [5.74, 6) is 0.724. The van der Waals surface area contributed by atoms with Crippen molar-refractivity contribution in [1.29, 1.82) is 0 Å². The maximum absolute atomic E-state index is 12.0. The summed E-state index contributed by atoms with van der Waals surface area (Å²) in [5, 5.41) is 6.40. The number of pyridine rings is 1. The van der Waals surface area contributed by atoms with Gasteiger partial charge in [0.25, 0.3) is 5.91 Å². The van der Waals surface area contributed by atoms with Crippen LogP contribution in [-0.2, 0) is 6.54 Å². The highest BCUT2D eigenvalue weighted by Crippen LogP contribution is 2.05. The Morgan fingerprint density at radius 1 is 1.53 bits per heavy atom. The third-order valence-corrected chi connectivity index (χ3v) is 2.19. The van der Waals surface area contributed by atoms with Crippen molar-refractivity contribution in [3.8, 4) is 0 Å². The molecule has 0 bridgehead atoms. The van der Waals surface area contributed by atoms with E-state index in [1.165, 1.54) is 11.2 Å². The molecule has 0 fully saturated rings. The summed E-state index contributed by atoms with van der Waals surface area (Å²) >= 11 is 0. The molecule has 7 heteroatoms. The molecule has 0 aliphatic rings. The number of H-pyrrole nitrogens is 1. The van der Waals surface area contributed by atoms with Crippen molar-refractivity contribution >= 4 is 11.7 Å². The van der Waals surface area contributed by atoms with Crippen molar-refractivity contribution in [2.45, 2.75) is 6.54 Å². The van der Waals surface area contributed by atoms with Gasteiger partial charge in [-0.3, -0.25) is 9.89 Å². The Hall–Kier alpha value is -2.44. The molecule has 3 N–H and O–H groups in total. The molecule has 0 aliphatic heterocycles. The standard InChI is InChI=1S/C10H12N6O/c1-16(5-9-12-6-13-15-9)10(17)7-3-2-4-8(11)14-7/h2-4,6H,5H2,1H3,(H2,11,14)(H,12,13,15). The molecular weight excluding hydrogens is 220 g/mol. The molecule has 1 amide bonds. The summed E-state index contributed by atoms with van der Waals surface area (Å²) < 4.78 is 0. The van der Waals surface area contributed by atoms with Crippen LogP contribution in [-0.4, -0.2) is 38.0 Å². The number of aromatic nitrogens is 4. The minimum Gasteiger partial charge on any atom is -0.384 e. The molecule has 17 heavy (non-hydrogen) atoms. The molecule has 0 unspecified atom stereocenters. The number of nitrogens with one attached hydrogen (secondary N) is 1. The first-order valence-electron chi connectivity index (χ1n) is 4.99. The van der Waals surface area contributed by atoms with Crippen LogP contribution in [0.3, 0.4) is 0 Å². The number of hydrogen-bond donors (Lipinski definition) is 2. The fourth-order valence-corrected chi connectivity index (χ4v) is 1.37. The zero-order valence-electron chi connectivity index (χ0n) is 9.29. The second-order valence-corrected chi connectivity index (χ2v) is 3.54. The minimum atomic E-state index is -0.214. The number of aromatic amines is 1. The van der Waals surface area contributed by atoms with Gasteiger partial charge in [0, 0.05) is 7.05 Å². The first-order chi connectivity index (χ1) is 8.16. The fourth-order valence-electron chi connectivity index (χ4n) is 1.37. The predicted octanol–water partition coefficient (Wildman–Crippen LogP) is 0.0541. The van der Waals surface area contributed by atoms with Gasteiger partial charge in [0.05, 0.1) is 6.54 Å². The van der Waals surface area contributed by atoms with E-state index >= 15 is 0 Å². The molecule has 88 valence electrons. The van der Waals surface area contributed by atoms with E-state index < -0.39 is 0 Å². The normalized spacial score (nSPS) is 10.2. The number of anilines is 1. The molecule has 0 aliphatic carbocycles. The summed E-state index contributed by atoms with van der Waals surface area (Å²) in [4.78, 5) is 21.4. The Balaban J connectivity index is 2.09. The third kappa shape index (κ3) is 2.57. The van der Waals surface area contributed by atoms with Crippen molar-refractivity contribution in [2.75, 3.05) is 12.8 Å². The Bertz CT molecular complexity index is 509. The van der Waals surface area contributed by atoms with E-state index in [4.69, 9.17) is 5.73 Å². The maximum Gasteiger partial charge on any atom is 0.272 e. The predicted molar refractivity (Wildman–Crippen MR) is 60.8 cm³/mol. The number of nitrogens with two attached hydrogens (primary N) is 1. The molecule has 0 radical (unpaired) electrons. The molecule has 0 aromatic carbocycles. The topological polar surface area (TPSA) is 101 Å². The molecule has 2 aromatic heterocycles. The average molecular weight is 232 g/mol. The van der Waals surface area contributed by atoms with Crippen LogP contribution in [0, 0.1) is 0 Å². The lowest BCUT2D eigenvalue weighted by molar-refractivity contribution is 0.0776. The number of nitrogens with zero attached hydrogens (tertiary/aromatic N) is 4. The van der Waals surface area contributed by atoms with Gasteiger partial charge in [0.1, 0.15) is 23.7 Å². The van der Waals surface area contributed by atoms with Gasteiger partial charge in [-0.25, -0.2) is 9.97 Å². The summed E-state index contributed by atoms with van der Waals surface area (Å²) in [7, 11) is 1.66. The number of amides is 1. The largest absolute Gasteiger partial charge is 0.384 e. The molecule has 2 rings (SSSR count). The number of rotatable bonds is 3. The van der Waals surface area contributed by atoms with Gasteiger partial charge in [0.15, 0.2) is 0 Å². The van der Waals surface area contributed by atoms with Crippen LogP contribution in [0.5, 0.6) is 0 Å². The lowest BCUT2D eigenvalue weighted by atomic mass is 10.3. The van der Waals surface area contributed by atoms with Crippen LogP contribution in [0.15, 0.2) is 24.5 Å². The Morgan fingerprint density at radius 2 is 2.35 bits per heavy atom. The SMILES string of the molecule is CN(Cc1ncn[nH]1)C(=O)c1cccc(N)n1. The summed E-state index contributed by atoms with van der Waals surface area (Å²) in [5.41, 5.74) is 5.83. The molecule has 2 heterocycles. The smallest absolute Gasteiger partial charge is 0.272 e. The lowest BCUT2D eigenvalue weighted by Gasteiger charge is -2.14. The average Bonchev–Trinajstić information content (AvgIpc) is 2.80. The number of carbonyl (C=O) groups excluding carboxylic acids is 1. The van der Waals surface area contributed by atoms with Gasteiger partial charge in [-0.05, 0) is 12.1 Å². The fraction of sp³-hybridized carbons (Fsp3) is 0.200. The van der Waals surface area contributed by atoms with E-state index in [0.29, 0.717) is 23.9 Å². The molecule has 0 spiro atoms. The summed E-state index contributed by atoms with van der Waals surface area (Å²) in [6, 6.07) is 4.95. The molecule has 2 aromatic rings. The quantitative estimate of drug-likeness (QED) is 0.778. The van der Waals surface area contributed by atoms with Crippen molar-refractivity contribution in [2.24, 2.45) is 0 Å². The Labute approximate surface area is 97.7 Å². The van der Waals surface area contributed by atoms with Crippen LogP contribution in [0.25, 0.3) is 0 Å². The summed E-state index contributed by atoms with van der Waals surface area (Å²) in [6.07, 6.45) is 1.40. The van der Waals surface area contributed by atoms with Crippen molar-refractivity contribution in [3.63, 3.8) is 0 Å². The molecule has 0 saturated heterocycles. The zero-order valence-corrected chi connectivity index (χ0v) is 9.29. The third-order valence-electron chi connectivity index (χ3n) is 2.19. The lowest BCUT2D eigenvalue weighted by Crippen LogP contribution is -2.27. The molecular formula is C10H12N6O. The van der Waals surface area contributed by atoms with Crippen molar-refractivity contribution in [1.82, 2.24) is 25.1 Å². The molecule has 0 saturated carbocycles. The zero-order chi connectivity index (χ0) is 12.3. The number of hydrogen-bond acceptors (Lipinski definition) is 5. The van der Waals surface area contributed by atoms with E-state index in [0.717, 1.165) is 0 Å². The van der Waals surface area contributed by atoms with Gasteiger partial charge in [-0.2, -0.15) is 5.10 Å². The first kappa shape index (κ1) is 11.1. The highest BCUT2D eigenvalue weighted by atomic mass is 16.2. The number of carbonyl (C=O) groups is 1. The second-order valence-electron chi connectivity index (χ2n) is 3.54. The van der Waals surface area contributed by atoms with Gasteiger partial charge in [-0.1, -0.05) is 6.07 Å². The van der Waals surface area contributed by atoms with E-state index in [9.17, 15) is 4.79 Å². The monoisotopic (exact) mass is 232 g/mol. The van der Waals surface area contributed by atoms with E-state index in [2.05, 4.69) is 20.2 Å². The highest BCUT2D eigenvalue weighted by Gasteiger charge is 2.14. The van der Waals surface area contributed by atoms with Gasteiger partial charge >= 0.3 is 0 Å². The first-order valence-corrected chi connectivity index (χ1v) is 4.99. The van der Waals surface area contributed by atoms with Gasteiger partial charge in [-0.15, -0.1) is 0 Å². The summed E-state index contributed by atoms with van der Waals surface area (Å²) in [6.45, 7) is 0.343. The second kappa shape index (κ2) is 4.60. The van der Waals surface area contributed by atoms with Crippen LogP contribution in [0.1, 0.15) is 16.3 Å². The van der Waals surface area contributed by atoms with Crippen molar-refractivity contribution < 1.29 is 4.79 Å². The van der Waals surface area contributed by atoms with Crippen molar-refractivity contribution in [3.05, 3.63) is 36.0 Å². The Morgan fingerprint density at radius 3 is 3.00 bits per heavy atom. The number of nitrogen functional groups attached to an aromatic ring is 1. The molecule has 0 atom stereocenters. The van der Waals surface area contributed by atoms with Crippen LogP contribution in [0.4, 0.5) is 5.82 Å². The highest BCUT2D eigenvalue weighted by molar-refractivity contribution is 5.92. The minimum absolute atomic E-state index is 0.214. The maximum atomic E-state index is 12.0.